The summed E-state index contributed by atoms with van der Waals surface area (Å²) in [4.78, 5) is 16.0. The van der Waals surface area contributed by atoms with E-state index in [1.54, 1.807) is 4.90 Å². The van der Waals surface area contributed by atoms with Crippen LogP contribution in [0.25, 0.3) is 0 Å². The second-order valence-corrected chi connectivity index (χ2v) is 6.71. The van der Waals surface area contributed by atoms with Crippen LogP contribution < -0.4 is 10.2 Å². The molecule has 0 saturated carbocycles. The van der Waals surface area contributed by atoms with E-state index in [-0.39, 0.29) is 11.6 Å². The molecule has 2 amide bonds. The molecule has 114 valence electrons. The number of carbonyl (C=O) groups excluding carboxylic acids is 1. The molecular weight excluding hydrogens is 262 g/mol. The van der Waals surface area contributed by atoms with E-state index in [4.69, 9.17) is 0 Å². The highest BCUT2D eigenvalue weighted by atomic mass is 16.2. The molecule has 0 spiro atoms. The molecule has 4 heteroatoms. The summed E-state index contributed by atoms with van der Waals surface area (Å²) in [7, 11) is 1.83. The van der Waals surface area contributed by atoms with Gasteiger partial charge >= 0.3 is 6.03 Å². The van der Waals surface area contributed by atoms with E-state index >= 15 is 0 Å². The van der Waals surface area contributed by atoms with E-state index in [0.717, 1.165) is 11.3 Å². The first-order valence-electron chi connectivity index (χ1n) is 7.30. The van der Waals surface area contributed by atoms with Crippen LogP contribution in [0.2, 0.25) is 0 Å². The summed E-state index contributed by atoms with van der Waals surface area (Å²) in [5.74, 6) is 0. The van der Waals surface area contributed by atoms with Crippen molar-refractivity contribution in [3.8, 4) is 0 Å². The Morgan fingerprint density at radius 1 is 1.33 bits per heavy atom. The van der Waals surface area contributed by atoms with Gasteiger partial charge in [-0.1, -0.05) is 24.8 Å². The molecule has 0 bridgehead atoms. The number of nitrogens with one attached hydrogen (secondary N) is 1. The van der Waals surface area contributed by atoms with Crippen LogP contribution in [0.5, 0.6) is 0 Å². The second-order valence-electron chi connectivity index (χ2n) is 6.71. The molecule has 1 heterocycles. The van der Waals surface area contributed by atoms with Crippen molar-refractivity contribution in [1.29, 1.82) is 0 Å². The van der Waals surface area contributed by atoms with Gasteiger partial charge in [-0.3, -0.25) is 4.90 Å². The quantitative estimate of drug-likeness (QED) is 0.864. The standard InChI is InChI=1S/C17H25N3O/c1-13(10-18-17(2,3)4)11-20-15-9-7-6-8-14(15)12-19(5)16(20)21/h6-9,18H,1,10-12H2,2-5H3. The maximum Gasteiger partial charge on any atom is 0.324 e. The molecule has 0 unspecified atom stereocenters. The third-order valence-corrected chi connectivity index (χ3v) is 3.50. The van der Waals surface area contributed by atoms with E-state index in [9.17, 15) is 4.79 Å². The Bertz CT molecular complexity index is 545. The predicted octanol–water partition coefficient (Wildman–Crippen LogP) is 3.00. The zero-order valence-corrected chi connectivity index (χ0v) is 13.4. The first-order valence-corrected chi connectivity index (χ1v) is 7.30. The molecule has 0 atom stereocenters. The van der Waals surface area contributed by atoms with Gasteiger partial charge in [-0.15, -0.1) is 0 Å². The van der Waals surface area contributed by atoms with Crippen LogP contribution in [0, 0.1) is 0 Å². The highest BCUT2D eigenvalue weighted by Crippen LogP contribution is 2.28. The number of hydrogen-bond donors (Lipinski definition) is 1. The van der Waals surface area contributed by atoms with Gasteiger partial charge in [-0.05, 0) is 38.0 Å². The van der Waals surface area contributed by atoms with Crippen LogP contribution in [0.15, 0.2) is 36.4 Å². The van der Waals surface area contributed by atoms with Crippen molar-refractivity contribution in [1.82, 2.24) is 10.2 Å². The Balaban J connectivity index is 2.11. The largest absolute Gasteiger partial charge is 0.324 e. The Hall–Kier alpha value is -1.81. The zero-order chi connectivity index (χ0) is 15.6. The van der Waals surface area contributed by atoms with Gasteiger partial charge in [0.2, 0.25) is 0 Å². The van der Waals surface area contributed by atoms with E-state index in [1.807, 2.05) is 30.1 Å². The zero-order valence-electron chi connectivity index (χ0n) is 13.4. The average Bonchev–Trinajstić information content (AvgIpc) is 2.41. The summed E-state index contributed by atoms with van der Waals surface area (Å²) < 4.78 is 0. The molecule has 1 aromatic carbocycles. The van der Waals surface area contributed by atoms with E-state index in [2.05, 4.69) is 38.7 Å². The second kappa shape index (κ2) is 5.90. The number of benzene rings is 1. The number of rotatable bonds is 4. The molecule has 4 nitrogen and oxygen atoms in total. The highest BCUT2D eigenvalue weighted by molar-refractivity contribution is 5.95. The molecule has 1 aliphatic rings. The number of fused-ring (bicyclic) bond motifs is 1. The molecular formula is C17H25N3O. The number of nitrogens with zero attached hydrogens (tertiary/aromatic N) is 2. The van der Waals surface area contributed by atoms with Gasteiger partial charge in [0.05, 0.1) is 5.69 Å². The Kier molecular flexibility index (Phi) is 4.37. The number of urea groups is 1. The van der Waals surface area contributed by atoms with Gasteiger partial charge in [-0.25, -0.2) is 4.79 Å². The summed E-state index contributed by atoms with van der Waals surface area (Å²) in [6.45, 7) is 12.4. The Labute approximate surface area is 127 Å². The van der Waals surface area contributed by atoms with E-state index in [1.165, 1.54) is 5.56 Å². The average molecular weight is 287 g/mol. The van der Waals surface area contributed by atoms with Crippen LogP contribution in [0.1, 0.15) is 26.3 Å². The Morgan fingerprint density at radius 3 is 2.67 bits per heavy atom. The first-order chi connectivity index (χ1) is 9.78. The fourth-order valence-corrected chi connectivity index (χ4v) is 2.36. The minimum atomic E-state index is 0.0330. The first kappa shape index (κ1) is 15.6. The minimum absolute atomic E-state index is 0.0330. The fraction of sp³-hybridized carbons (Fsp3) is 0.471. The normalized spacial score (nSPS) is 15.1. The monoisotopic (exact) mass is 287 g/mol. The molecule has 1 aliphatic heterocycles. The molecule has 0 fully saturated rings. The molecule has 0 aromatic heterocycles. The number of carbonyl (C=O) groups is 1. The van der Waals surface area contributed by atoms with Crippen molar-refractivity contribution in [2.75, 3.05) is 25.0 Å². The summed E-state index contributed by atoms with van der Waals surface area (Å²) in [5.41, 5.74) is 3.22. The van der Waals surface area contributed by atoms with Crippen molar-refractivity contribution >= 4 is 11.7 Å². The molecule has 1 aromatic rings. The van der Waals surface area contributed by atoms with Crippen LogP contribution in [0.3, 0.4) is 0 Å². The van der Waals surface area contributed by atoms with Crippen molar-refractivity contribution in [3.63, 3.8) is 0 Å². The predicted molar refractivity (Wildman–Crippen MR) is 87.5 cm³/mol. The van der Waals surface area contributed by atoms with Crippen LogP contribution in [0.4, 0.5) is 10.5 Å². The number of hydrogen-bond acceptors (Lipinski definition) is 2. The molecule has 0 aliphatic carbocycles. The summed E-state index contributed by atoms with van der Waals surface area (Å²) >= 11 is 0. The molecule has 21 heavy (non-hydrogen) atoms. The summed E-state index contributed by atoms with van der Waals surface area (Å²) in [6.07, 6.45) is 0. The van der Waals surface area contributed by atoms with Gasteiger partial charge in [0.15, 0.2) is 0 Å². The maximum absolute atomic E-state index is 12.4. The summed E-state index contributed by atoms with van der Waals surface area (Å²) in [5, 5.41) is 3.41. The van der Waals surface area contributed by atoms with Gasteiger partial charge in [0.25, 0.3) is 0 Å². The summed E-state index contributed by atoms with van der Waals surface area (Å²) in [6, 6.07) is 8.09. The topological polar surface area (TPSA) is 35.6 Å². The van der Waals surface area contributed by atoms with Crippen LogP contribution in [-0.4, -0.2) is 36.6 Å². The lowest BCUT2D eigenvalue weighted by molar-refractivity contribution is 0.211. The van der Waals surface area contributed by atoms with Gasteiger partial charge in [-0.2, -0.15) is 0 Å². The third-order valence-electron chi connectivity index (χ3n) is 3.50. The molecule has 1 N–H and O–H groups in total. The molecule has 0 radical (unpaired) electrons. The van der Waals surface area contributed by atoms with Crippen molar-refractivity contribution < 1.29 is 4.79 Å². The Morgan fingerprint density at radius 2 is 2.00 bits per heavy atom. The lowest BCUT2D eigenvalue weighted by Gasteiger charge is -2.35. The maximum atomic E-state index is 12.4. The SMILES string of the molecule is C=C(CNC(C)(C)C)CN1C(=O)N(C)Cc2ccccc21. The van der Waals surface area contributed by atoms with Crippen molar-refractivity contribution in [2.45, 2.75) is 32.9 Å². The lowest BCUT2D eigenvalue weighted by atomic mass is 10.1. The van der Waals surface area contributed by atoms with Gasteiger partial charge in [0.1, 0.15) is 0 Å². The van der Waals surface area contributed by atoms with Crippen molar-refractivity contribution in [3.05, 3.63) is 42.0 Å². The molecule has 2 rings (SSSR count). The fourth-order valence-electron chi connectivity index (χ4n) is 2.36. The van der Waals surface area contributed by atoms with Crippen LogP contribution in [-0.2, 0) is 6.54 Å². The highest BCUT2D eigenvalue weighted by Gasteiger charge is 2.27. The van der Waals surface area contributed by atoms with Crippen molar-refractivity contribution in [2.24, 2.45) is 0 Å². The van der Waals surface area contributed by atoms with Crippen LogP contribution >= 0.6 is 0 Å². The van der Waals surface area contributed by atoms with Gasteiger partial charge in [0, 0.05) is 32.2 Å². The third kappa shape index (κ3) is 3.85. The lowest BCUT2D eigenvalue weighted by Crippen LogP contribution is -2.47. The number of amides is 2. The smallest absolute Gasteiger partial charge is 0.323 e. The minimum Gasteiger partial charge on any atom is -0.323 e. The number of anilines is 1. The molecule has 0 saturated heterocycles. The van der Waals surface area contributed by atoms with Gasteiger partial charge < -0.3 is 10.2 Å². The van der Waals surface area contributed by atoms with E-state index < -0.39 is 0 Å². The number of para-hydroxylation sites is 1. The van der Waals surface area contributed by atoms with E-state index in [0.29, 0.717) is 19.6 Å².